The zero-order valence-corrected chi connectivity index (χ0v) is 14.6. The summed E-state index contributed by atoms with van der Waals surface area (Å²) < 4.78 is 0. The van der Waals surface area contributed by atoms with Gasteiger partial charge in [0.1, 0.15) is 0 Å². The summed E-state index contributed by atoms with van der Waals surface area (Å²) in [6, 6.07) is 1.41. The Balaban J connectivity index is 5.06. The van der Waals surface area contributed by atoms with Gasteiger partial charge in [0.15, 0.2) is 0 Å². The fraction of sp³-hybridized carbons (Fsp3) is 1.00. The zero-order valence-electron chi connectivity index (χ0n) is 13.2. The molecule has 0 bridgehead atoms. The van der Waals surface area contributed by atoms with Gasteiger partial charge in [-0.3, -0.25) is 9.80 Å². The third-order valence-electron chi connectivity index (χ3n) is 3.91. The molecule has 0 atom stereocenters. The van der Waals surface area contributed by atoms with Crippen LogP contribution in [0.2, 0.25) is 11.1 Å². The molecule has 0 spiro atoms. The van der Waals surface area contributed by atoms with Crippen LogP contribution in [0.25, 0.3) is 0 Å². The number of nitrogens with zero attached hydrogens (tertiary/aromatic N) is 2. The monoisotopic (exact) mass is 258 g/mol. The SMILES string of the molecule is CC[SiH2]C(C)(C)C(N(CC)CC)N(CC)CC. The fourth-order valence-corrected chi connectivity index (χ4v) is 5.20. The molecule has 0 amide bonds. The lowest BCUT2D eigenvalue weighted by molar-refractivity contribution is 0.0285. The molecule has 17 heavy (non-hydrogen) atoms. The van der Waals surface area contributed by atoms with Crippen LogP contribution in [-0.4, -0.2) is 51.7 Å². The molecule has 0 aliphatic heterocycles. The minimum atomic E-state index is -0.00401. The molecule has 3 heteroatoms. The Hall–Kier alpha value is 0.137. The minimum Gasteiger partial charge on any atom is -0.288 e. The first-order chi connectivity index (χ1) is 7.98. The molecule has 0 aromatic rings. The highest BCUT2D eigenvalue weighted by Crippen LogP contribution is 2.34. The van der Waals surface area contributed by atoms with Crippen LogP contribution in [0.3, 0.4) is 0 Å². The molecule has 0 aliphatic carbocycles. The predicted molar refractivity (Wildman–Crippen MR) is 82.7 cm³/mol. The van der Waals surface area contributed by atoms with Gasteiger partial charge < -0.3 is 0 Å². The van der Waals surface area contributed by atoms with Gasteiger partial charge in [0, 0.05) is 9.52 Å². The van der Waals surface area contributed by atoms with Crippen molar-refractivity contribution in [2.24, 2.45) is 0 Å². The van der Waals surface area contributed by atoms with Crippen molar-refractivity contribution in [3.8, 4) is 0 Å². The van der Waals surface area contributed by atoms with E-state index in [1.807, 2.05) is 0 Å². The van der Waals surface area contributed by atoms with E-state index in [0.29, 0.717) is 11.2 Å². The molecule has 0 aromatic heterocycles. The highest BCUT2D eigenvalue weighted by molar-refractivity contribution is 6.39. The first kappa shape index (κ1) is 17.1. The van der Waals surface area contributed by atoms with Crippen molar-refractivity contribution in [2.45, 2.75) is 65.7 Å². The van der Waals surface area contributed by atoms with E-state index in [2.05, 4.69) is 58.3 Å². The van der Waals surface area contributed by atoms with Gasteiger partial charge in [-0.05, 0) is 31.2 Å². The average molecular weight is 259 g/mol. The topological polar surface area (TPSA) is 6.48 Å². The highest BCUT2D eigenvalue weighted by atomic mass is 28.2. The Morgan fingerprint density at radius 2 is 1.18 bits per heavy atom. The van der Waals surface area contributed by atoms with Gasteiger partial charge in [-0.2, -0.15) is 0 Å². The molecule has 104 valence electrons. The summed E-state index contributed by atoms with van der Waals surface area (Å²) >= 11 is 0. The van der Waals surface area contributed by atoms with E-state index in [1.165, 1.54) is 32.2 Å². The van der Waals surface area contributed by atoms with Gasteiger partial charge in [0.2, 0.25) is 0 Å². The summed E-state index contributed by atoms with van der Waals surface area (Å²) in [5.41, 5.74) is 0. The summed E-state index contributed by atoms with van der Waals surface area (Å²) in [5.74, 6) is 0. The van der Waals surface area contributed by atoms with Crippen LogP contribution >= 0.6 is 0 Å². The van der Waals surface area contributed by atoms with Crippen LogP contribution in [0.4, 0.5) is 0 Å². The molecule has 0 fully saturated rings. The number of hydrogen-bond donors (Lipinski definition) is 0. The van der Waals surface area contributed by atoms with Crippen molar-refractivity contribution >= 4 is 9.52 Å². The molecule has 0 unspecified atom stereocenters. The Morgan fingerprint density at radius 3 is 1.41 bits per heavy atom. The molecule has 0 heterocycles. The van der Waals surface area contributed by atoms with Crippen LogP contribution in [0.1, 0.15) is 48.5 Å². The minimum absolute atomic E-state index is 0.00401. The normalized spacial score (nSPS) is 13.8. The van der Waals surface area contributed by atoms with Crippen LogP contribution in [0, 0.1) is 0 Å². The third kappa shape index (κ3) is 4.72. The largest absolute Gasteiger partial charge is 0.288 e. The van der Waals surface area contributed by atoms with E-state index in [4.69, 9.17) is 0 Å². The lowest BCUT2D eigenvalue weighted by atomic mass is 10.1. The molecule has 2 nitrogen and oxygen atoms in total. The van der Waals surface area contributed by atoms with Gasteiger partial charge in [0.05, 0.1) is 6.17 Å². The van der Waals surface area contributed by atoms with E-state index >= 15 is 0 Å². The summed E-state index contributed by atoms with van der Waals surface area (Å²) in [7, 11) is -0.00401. The third-order valence-corrected chi connectivity index (χ3v) is 6.06. The predicted octanol–water partition coefficient (Wildman–Crippen LogP) is 2.80. The van der Waals surface area contributed by atoms with Crippen molar-refractivity contribution in [3.05, 3.63) is 0 Å². The number of rotatable bonds is 9. The van der Waals surface area contributed by atoms with Gasteiger partial charge in [-0.15, -0.1) is 0 Å². The van der Waals surface area contributed by atoms with Gasteiger partial charge in [-0.1, -0.05) is 54.5 Å². The molecule has 0 saturated carbocycles. The van der Waals surface area contributed by atoms with E-state index in [9.17, 15) is 0 Å². The average Bonchev–Trinajstić information content (AvgIpc) is 2.29. The standard InChI is InChI=1S/C14H34N2Si/c1-8-15(9-2)13(16(10-3)11-4)14(6,7)17-12-5/h13H,8-12,17H2,1-7H3. The first-order valence-corrected chi connectivity index (χ1v) is 9.17. The van der Waals surface area contributed by atoms with Gasteiger partial charge in [-0.25, -0.2) is 0 Å². The molecule has 0 saturated heterocycles. The van der Waals surface area contributed by atoms with Crippen molar-refractivity contribution in [2.75, 3.05) is 26.2 Å². The summed E-state index contributed by atoms with van der Waals surface area (Å²) in [5, 5.41) is 0.507. The molecule has 0 radical (unpaired) electrons. The van der Waals surface area contributed by atoms with E-state index in [0.717, 1.165) is 0 Å². The Bertz CT molecular complexity index is 175. The highest BCUT2D eigenvalue weighted by Gasteiger charge is 2.35. The maximum atomic E-state index is 2.65. The van der Waals surface area contributed by atoms with Crippen molar-refractivity contribution < 1.29 is 0 Å². The van der Waals surface area contributed by atoms with Crippen LogP contribution in [-0.2, 0) is 0 Å². The second kappa shape index (κ2) is 8.28. The zero-order chi connectivity index (χ0) is 13.5. The quantitative estimate of drug-likeness (QED) is 0.463. The summed E-state index contributed by atoms with van der Waals surface area (Å²) in [6.07, 6.45) is 0.638. The second-order valence-electron chi connectivity index (χ2n) is 5.55. The van der Waals surface area contributed by atoms with Crippen LogP contribution < -0.4 is 0 Å². The fourth-order valence-electron chi connectivity index (χ4n) is 3.13. The van der Waals surface area contributed by atoms with Crippen LogP contribution in [0.5, 0.6) is 0 Å². The summed E-state index contributed by atoms with van der Waals surface area (Å²) in [4.78, 5) is 5.30. The van der Waals surface area contributed by atoms with E-state index < -0.39 is 0 Å². The second-order valence-corrected chi connectivity index (χ2v) is 8.88. The van der Waals surface area contributed by atoms with E-state index in [1.54, 1.807) is 0 Å². The number of hydrogen-bond acceptors (Lipinski definition) is 2. The molecular weight excluding hydrogens is 224 g/mol. The smallest absolute Gasteiger partial charge is 0.0644 e. The van der Waals surface area contributed by atoms with Crippen LogP contribution in [0.15, 0.2) is 0 Å². The Kier molecular flexibility index (Phi) is 8.34. The molecular formula is C14H34N2Si. The maximum absolute atomic E-state index is 2.65. The van der Waals surface area contributed by atoms with E-state index in [-0.39, 0.29) is 9.52 Å². The Morgan fingerprint density at radius 1 is 0.824 bits per heavy atom. The van der Waals surface area contributed by atoms with Gasteiger partial charge in [0.25, 0.3) is 0 Å². The lowest BCUT2D eigenvalue weighted by Gasteiger charge is -2.47. The molecule has 0 aromatic carbocycles. The van der Waals surface area contributed by atoms with Crippen molar-refractivity contribution in [3.63, 3.8) is 0 Å². The van der Waals surface area contributed by atoms with Crippen molar-refractivity contribution in [1.29, 1.82) is 0 Å². The summed E-state index contributed by atoms with van der Waals surface area (Å²) in [6.45, 7) is 21.2. The lowest BCUT2D eigenvalue weighted by Crippen LogP contribution is -2.54. The van der Waals surface area contributed by atoms with Gasteiger partial charge >= 0.3 is 0 Å². The molecule has 0 N–H and O–H groups in total. The maximum Gasteiger partial charge on any atom is 0.0644 e. The Labute approximate surface area is 112 Å². The molecule has 0 aliphatic rings. The first-order valence-electron chi connectivity index (χ1n) is 7.46. The molecule has 0 rings (SSSR count). The van der Waals surface area contributed by atoms with Crippen molar-refractivity contribution in [1.82, 2.24) is 9.80 Å².